The summed E-state index contributed by atoms with van der Waals surface area (Å²) in [4.78, 5) is 26.8. The van der Waals surface area contributed by atoms with Gasteiger partial charge in [0.25, 0.3) is 0 Å². The minimum Gasteiger partial charge on any atom is -0.504 e. The molecule has 1 heterocycles. The van der Waals surface area contributed by atoms with Crippen molar-refractivity contribution in [2.24, 2.45) is 11.3 Å². The molecule has 34 heavy (non-hydrogen) atoms. The fourth-order valence-corrected chi connectivity index (χ4v) is 5.51. The summed E-state index contributed by atoms with van der Waals surface area (Å²) in [7, 11) is 2.82. The number of Topliss-reactive ketones (excluding diaryl/α,β-unsaturated/α-hetero) is 1. The summed E-state index contributed by atoms with van der Waals surface area (Å²) in [5, 5.41) is 15.8. The van der Waals surface area contributed by atoms with E-state index in [9.17, 15) is 14.7 Å². The van der Waals surface area contributed by atoms with E-state index in [1.54, 1.807) is 12.1 Å². The number of phenols is 1. The van der Waals surface area contributed by atoms with Gasteiger partial charge in [-0.3, -0.25) is 9.59 Å². The number of hydrogen-bond donors (Lipinski definition) is 2. The van der Waals surface area contributed by atoms with Crippen LogP contribution in [0.25, 0.3) is 10.8 Å². The summed E-state index contributed by atoms with van der Waals surface area (Å²) in [6.07, 6.45) is 0.520. The van der Waals surface area contributed by atoms with Crippen LogP contribution < -0.4 is 10.1 Å². The molecule has 2 atom stereocenters. The number of rotatable bonds is 3. The molecule has 0 saturated carbocycles. The Morgan fingerprint density at radius 1 is 1.09 bits per heavy atom. The highest BCUT2D eigenvalue weighted by atomic mass is 16.5. The number of ketones is 1. The molecule has 0 bridgehead atoms. The van der Waals surface area contributed by atoms with Crippen LogP contribution in [-0.2, 0) is 14.3 Å². The van der Waals surface area contributed by atoms with Crippen LogP contribution in [0.4, 0.5) is 5.69 Å². The van der Waals surface area contributed by atoms with Crippen LogP contribution in [0.2, 0.25) is 0 Å². The number of fused-ring (bicyclic) bond motifs is 3. The number of anilines is 1. The lowest BCUT2D eigenvalue weighted by Gasteiger charge is -2.43. The van der Waals surface area contributed by atoms with Gasteiger partial charge in [-0.05, 0) is 51.9 Å². The quantitative estimate of drug-likeness (QED) is 0.418. The Balaban J connectivity index is 1.81. The summed E-state index contributed by atoms with van der Waals surface area (Å²) in [5.41, 5.74) is 3.46. The molecule has 3 aromatic carbocycles. The van der Waals surface area contributed by atoms with Gasteiger partial charge in [0.1, 0.15) is 5.92 Å². The fraction of sp³-hybridized carbons (Fsp3) is 0.286. The molecular weight excluding hydrogens is 430 g/mol. The molecule has 6 heteroatoms. The van der Waals surface area contributed by atoms with Gasteiger partial charge >= 0.3 is 5.97 Å². The predicted octanol–water partition coefficient (Wildman–Crippen LogP) is 5.15. The Kier molecular flexibility index (Phi) is 5.12. The maximum absolute atomic E-state index is 14.0. The van der Waals surface area contributed by atoms with Gasteiger partial charge in [-0.1, -0.05) is 50.2 Å². The molecule has 0 fully saturated rings. The molecule has 0 radical (unpaired) electrons. The first-order valence-electron chi connectivity index (χ1n) is 11.3. The second-order valence-corrected chi connectivity index (χ2v) is 9.62. The zero-order valence-corrected chi connectivity index (χ0v) is 19.6. The Bertz CT molecular complexity index is 1370. The van der Waals surface area contributed by atoms with Gasteiger partial charge in [0.2, 0.25) is 0 Å². The number of allylic oxidation sites excluding steroid dienone is 2. The van der Waals surface area contributed by atoms with Gasteiger partial charge in [-0.25, -0.2) is 0 Å². The molecule has 2 aliphatic rings. The largest absolute Gasteiger partial charge is 0.504 e. The number of carbonyl (C=O) groups is 2. The van der Waals surface area contributed by atoms with E-state index < -0.39 is 23.2 Å². The zero-order chi connectivity index (χ0) is 24.2. The van der Waals surface area contributed by atoms with Crippen LogP contribution in [0, 0.1) is 11.3 Å². The number of phenolic OH excluding ortho intramolecular Hbond substituents is 1. The second kappa shape index (κ2) is 7.90. The molecule has 0 saturated heterocycles. The van der Waals surface area contributed by atoms with E-state index in [2.05, 4.69) is 11.4 Å². The van der Waals surface area contributed by atoms with Crippen molar-refractivity contribution in [1.29, 1.82) is 0 Å². The average Bonchev–Trinajstić information content (AvgIpc) is 2.82. The molecule has 0 unspecified atom stereocenters. The van der Waals surface area contributed by atoms with E-state index >= 15 is 0 Å². The fourth-order valence-electron chi connectivity index (χ4n) is 5.51. The van der Waals surface area contributed by atoms with Crippen LogP contribution in [0.15, 0.2) is 65.9 Å². The lowest BCUT2D eigenvalue weighted by atomic mass is 9.62. The van der Waals surface area contributed by atoms with E-state index in [1.807, 2.05) is 50.2 Å². The van der Waals surface area contributed by atoms with Gasteiger partial charge in [0.05, 0.1) is 14.2 Å². The van der Waals surface area contributed by atoms with Crippen molar-refractivity contribution in [3.05, 3.63) is 77.0 Å². The Morgan fingerprint density at radius 3 is 2.59 bits per heavy atom. The third-order valence-corrected chi connectivity index (χ3v) is 7.07. The number of benzene rings is 3. The normalized spacial score (nSPS) is 20.9. The molecular formula is C28H27NO5. The van der Waals surface area contributed by atoms with Crippen molar-refractivity contribution in [2.45, 2.75) is 26.2 Å². The van der Waals surface area contributed by atoms with Gasteiger partial charge in [-0.15, -0.1) is 0 Å². The lowest BCUT2D eigenvalue weighted by Crippen LogP contribution is -2.45. The highest BCUT2D eigenvalue weighted by molar-refractivity contribution is 6.13. The molecule has 3 aromatic rings. The molecule has 5 rings (SSSR count). The SMILES string of the molecule is COC(=O)[C@H]1C(=O)C2=C(CC1(C)C)Nc1ccc3ccccc3c1[C@H]2c1ccc(O)c(OC)c1. The number of aromatic hydroxyl groups is 1. The molecule has 0 spiro atoms. The van der Waals surface area contributed by atoms with Crippen LogP contribution in [0.5, 0.6) is 11.5 Å². The summed E-state index contributed by atoms with van der Waals surface area (Å²) in [5.74, 6) is -1.75. The van der Waals surface area contributed by atoms with Gasteiger partial charge in [0, 0.05) is 22.9 Å². The van der Waals surface area contributed by atoms with E-state index in [4.69, 9.17) is 9.47 Å². The minimum atomic E-state index is -0.906. The highest BCUT2D eigenvalue weighted by Crippen LogP contribution is 2.53. The first-order valence-corrected chi connectivity index (χ1v) is 11.3. The van der Waals surface area contributed by atoms with Crippen molar-refractivity contribution in [2.75, 3.05) is 19.5 Å². The van der Waals surface area contributed by atoms with Gasteiger partial charge in [0.15, 0.2) is 17.3 Å². The molecule has 0 aromatic heterocycles. The minimum absolute atomic E-state index is 0.0241. The summed E-state index contributed by atoms with van der Waals surface area (Å²) >= 11 is 0. The third kappa shape index (κ3) is 3.24. The zero-order valence-electron chi connectivity index (χ0n) is 19.6. The monoisotopic (exact) mass is 457 g/mol. The number of ether oxygens (including phenoxy) is 2. The predicted molar refractivity (Wildman–Crippen MR) is 130 cm³/mol. The van der Waals surface area contributed by atoms with E-state index in [0.29, 0.717) is 17.7 Å². The third-order valence-electron chi connectivity index (χ3n) is 7.07. The number of methoxy groups -OCH3 is 2. The number of esters is 1. The maximum atomic E-state index is 14.0. The first kappa shape index (κ1) is 22.0. The smallest absolute Gasteiger partial charge is 0.317 e. The molecule has 6 nitrogen and oxygen atoms in total. The van der Waals surface area contributed by atoms with Crippen molar-refractivity contribution in [1.82, 2.24) is 0 Å². The van der Waals surface area contributed by atoms with Crippen LogP contribution in [-0.4, -0.2) is 31.1 Å². The van der Waals surface area contributed by atoms with E-state index in [1.165, 1.54) is 14.2 Å². The van der Waals surface area contributed by atoms with Gasteiger partial charge < -0.3 is 19.9 Å². The highest BCUT2D eigenvalue weighted by Gasteiger charge is 2.51. The van der Waals surface area contributed by atoms with Crippen LogP contribution in [0.1, 0.15) is 37.3 Å². The molecule has 1 aliphatic heterocycles. The Labute approximate surface area is 198 Å². The van der Waals surface area contributed by atoms with Crippen LogP contribution >= 0.6 is 0 Å². The molecule has 2 N–H and O–H groups in total. The second-order valence-electron chi connectivity index (χ2n) is 9.62. The van der Waals surface area contributed by atoms with Crippen molar-refractivity contribution < 1.29 is 24.2 Å². The molecule has 0 amide bonds. The standard InChI is InChI=1S/C28H27NO5/c1-28(2)14-19-24(26(31)25(28)27(32)34-4)22(16-10-12-20(30)21(13-16)33-3)23-17-8-6-5-7-15(17)9-11-18(23)29-19/h5-13,22,25,29-30H,14H2,1-4H3/t22-,25-/m1/s1. The van der Waals surface area contributed by atoms with E-state index in [0.717, 1.165) is 33.3 Å². The summed E-state index contributed by atoms with van der Waals surface area (Å²) < 4.78 is 10.4. The Morgan fingerprint density at radius 2 is 1.85 bits per heavy atom. The van der Waals surface area contributed by atoms with E-state index in [-0.39, 0.29) is 11.5 Å². The maximum Gasteiger partial charge on any atom is 0.317 e. The van der Waals surface area contributed by atoms with Crippen LogP contribution in [0.3, 0.4) is 0 Å². The topological polar surface area (TPSA) is 84.9 Å². The van der Waals surface area contributed by atoms with Crippen molar-refractivity contribution >= 4 is 28.2 Å². The summed E-state index contributed by atoms with van der Waals surface area (Å²) in [6, 6.07) is 17.3. The molecule has 174 valence electrons. The number of hydrogen-bond acceptors (Lipinski definition) is 6. The van der Waals surface area contributed by atoms with Gasteiger partial charge in [-0.2, -0.15) is 0 Å². The number of carbonyl (C=O) groups excluding carboxylic acids is 2. The van der Waals surface area contributed by atoms with Crippen molar-refractivity contribution in [3.63, 3.8) is 0 Å². The van der Waals surface area contributed by atoms with Crippen molar-refractivity contribution in [3.8, 4) is 11.5 Å². The average molecular weight is 458 g/mol. The summed E-state index contributed by atoms with van der Waals surface area (Å²) in [6.45, 7) is 3.85. The first-order chi connectivity index (χ1) is 16.3. The number of nitrogens with one attached hydrogen (secondary N) is 1. The Hall–Kier alpha value is -3.80. The molecule has 1 aliphatic carbocycles. The lowest BCUT2D eigenvalue weighted by molar-refractivity contribution is -0.154.